The molecule has 1 fully saturated rings. The van der Waals surface area contributed by atoms with Gasteiger partial charge >= 0.3 is 0 Å². The third kappa shape index (κ3) is 5.70. The van der Waals surface area contributed by atoms with Crippen LogP contribution in [0.5, 0.6) is 0 Å². The van der Waals surface area contributed by atoms with Crippen LogP contribution in [0, 0.1) is 11.6 Å². The van der Waals surface area contributed by atoms with Gasteiger partial charge in [-0.25, -0.2) is 22.2 Å². The highest BCUT2D eigenvalue weighted by molar-refractivity contribution is 7.90. The highest BCUT2D eigenvalue weighted by Gasteiger charge is 2.20. The number of nitrogens with one attached hydrogen (secondary N) is 2. The molecular weight excluding hydrogens is 584 g/mol. The maximum Gasteiger partial charge on any atom is 0.157 e. The third-order valence-electron chi connectivity index (χ3n) is 7.98. The number of benzene rings is 2. The molecule has 1 aliphatic rings. The van der Waals surface area contributed by atoms with Gasteiger partial charge in [-0.1, -0.05) is 0 Å². The number of imidazole rings is 1. The Hall–Kier alpha value is -4.55. The Morgan fingerprint density at radius 3 is 2.57 bits per heavy atom. The van der Waals surface area contributed by atoms with Crippen molar-refractivity contribution in [1.29, 1.82) is 0 Å². The van der Waals surface area contributed by atoms with Crippen molar-refractivity contribution in [2.45, 2.75) is 25.8 Å². The van der Waals surface area contributed by atoms with Gasteiger partial charge in [0.1, 0.15) is 32.4 Å². The van der Waals surface area contributed by atoms with Crippen molar-refractivity contribution in [2.75, 3.05) is 25.1 Å². The molecule has 0 spiro atoms. The molecule has 0 radical (unpaired) electrons. The van der Waals surface area contributed by atoms with E-state index in [-0.39, 0.29) is 17.7 Å². The minimum absolute atomic E-state index is 0.0929. The SMILES string of the molecule is CS(=O)(=O)CCc1cc(F)cc(-c2nccc3[nH]c(-c4[nH]nc5c(F)cc(-c6cncc(CN7CCCC7)c6)cc45)nc23)c1. The monoisotopic (exact) mass is 613 g/mol. The van der Waals surface area contributed by atoms with Crippen LogP contribution >= 0.6 is 0 Å². The molecule has 9 nitrogen and oxygen atoms in total. The van der Waals surface area contributed by atoms with E-state index in [0.29, 0.717) is 50.3 Å². The molecular formula is C32H29F2N7O2S. The average molecular weight is 614 g/mol. The van der Waals surface area contributed by atoms with Gasteiger partial charge in [0.2, 0.25) is 0 Å². The van der Waals surface area contributed by atoms with Crippen molar-refractivity contribution < 1.29 is 17.2 Å². The van der Waals surface area contributed by atoms with Crippen molar-refractivity contribution in [3.63, 3.8) is 0 Å². The number of halogens is 2. The molecule has 7 rings (SSSR count). The quantitative estimate of drug-likeness (QED) is 0.226. The Morgan fingerprint density at radius 2 is 1.75 bits per heavy atom. The van der Waals surface area contributed by atoms with Crippen molar-refractivity contribution in [3.8, 4) is 33.9 Å². The summed E-state index contributed by atoms with van der Waals surface area (Å²) in [5.74, 6) is -0.639. The number of hydrogen-bond acceptors (Lipinski definition) is 7. The molecule has 0 aliphatic carbocycles. The maximum absolute atomic E-state index is 15.4. The molecule has 6 aromatic rings. The molecule has 224 valence electrons. The van der Waals surface area contributed by atoms with Gasteiger partial charge in [-0.15, -0.1) is 0 Å². The molecule has 2 N–H and O–H groups in total. The fourth-order valence-electron chi connectivity index (χ4n) is 5.85. The summed E-state index contributed by atoms with van der Waals surface area (Å²) in [7, 11) is -3.22. The standard InChI is InChI=1S/C32H29F2N7O2S/c1-44(42,43)9-5-19-10-22(13-24(33)12-19)28-31-27(4-6-36-28)37-32(38-31)30-25-14-21(15-26(34)29(25)39-40-30)23-11-20(16-35-17-23)18-41-7-2-3-8-41/h4,6,10-17H,2-3,5,7-9,18H2,1H3,(H,37,38)(H,39,40). The average Bonchev–Trinajstić information content (AvgIpc) is 3.75. The second kappa shape index (κ2) is 11.2. The molecule has 0 unspecified atom stereocenters. The van der Waals surface area contributed by atoms with Crippen LogP contribution < -0.4 is 0 Å². The van der Waals surface area contributed by atoms with E-state index in [4.69, 9.17) is 4.98 Å². The van der Waals surface area contributed by atoms with Crippen LogP contribution in [-0.4, -0.2) is 68.5 Å². The van der Waals surface area contributed by atoms with Crippen LogP contribution in [0.1, 0.15) is 24.0 Å². The maximum atomic E-state index is 15.4. The van der Waals surface area contributed by atoms with Crippen molar-refractivity contribution in [1.82, 2.24) is 35.0 Å². The summed E-state index contributed by atoms with van der Waals surface area (Å²) in [6.07, 6.45) is 8.90. The summed E-state index contributed by atoms with van der Waals surface area (Å²) < 4.78 is 53.3. The van der Waals surface area contributed by atoms with Crippen molar-refractivity contribution >= 4 is 31.8 Å². The lowest BCUT2D eigenvalue weighted by Gasteiger charge is -2.14. The number of H-pyrrole nitrogens is 2. The van der Waals surface area contributed by atoms with Crippen molar-refractivity contribution in [3.05, 3.63) is 83.8 Å². The highest BCUT2D eigenvalue weighted by Crippen LogP contribution is 2.34. The van der Waals surface area contributed by atoms with E-state index in [1.165, 1.54) is 31.0 Å². The largest absolute Gasteiger partial charge is 0.337 e. The zero-order chi connectivity index (χ0) is 30.4. The number of aryl methyl sites for hydroxylation is 1. The molecule has 5 heterocycles. The van der Waals surface area contributed by atoms with Gasteiger partial charge in [0, 0.05) is 47.9 Å². The number of nitrogens with zero attached hydrogens (tertiary/aromatic N) is 5. The van der Waals surface area contributed by atoms with E-state index in [1.807, 2.05) is 18.3 Å². The molecule has 12 heteroatoms. The number of fused-ring (bicyclic) bond motifs is 2. The fourth-order valence-corrected chi connectivity index (χ4v) is 6.46. The number of likely N-dealkylation sites (tertiary alicyclic amines) is 1. The lowest BCUT2D eigenvalue weighted by atomic mass is 10.0. The number of sulfone groups is 1. The molecule has 44 heavy (non-hydrogen) atoms. The third-order valence-corrected chi connectivity index (χ3v) is 8.92. The lowest BCUT2D eigenvalue weighted by Crippen LogP contribution is -2.18. The fraction of sp³-hybridized carbons (Fsp3) is 0.250. The smallest absolute Gasteiger partial charge is 0.157 e. The zero-order valence-electron chi connectivity index (χ0n) is 23.9. The molecule has 1 saturated heterocycles. The van der Waals surface area contributed by atoms with Crippen LogP contribution in [0.3, 0.4) is 0 Å². The van der Waals surface area contributed by atoms with Gasteiger partial charge in [-0.3, -0.25) is 20.0 Å². The first-order valence-corrected chi connectivity index (χ1v) is 16.4. The van der Waals surface area contributed by atoms with E-state index in [0.717, 1.165) is 37.0 Å². The van der Waals surface area contributed by atoms with Crippen LogP contribution in [0.2, 0.25) is 0 Å². The number of aromatic nitrogens is 6. The van der Waals surface area contributed by atoms with Gasteiger partial charge in [0.15, 0.2) is 11.6 Å². The van der Waals surface area contributed by atoms with Gasteiger partial charge in [0.25, 0.3) is 0 Å². The molecule has 0 amide bonds. The topological polar surface area (TPSA) is 121 Å². The van der Waals surface area contributed by atoms with Gasteiger partial charge < -0.3 is 4.98 Å². The molecule has 2 aromatic carbocycles. The summed E-state index contributed by atoms with van der Waals surface area (Å²) in [5.41, 5.74) is 5.82. The predicted octanol–water partition coefficient (Wildman–Crippen LogP) is 5.69. The van der Waals surface area contributed by atoms with Gasteiger partial charge in [-0.05, 0) is 91.5 Å². The first kappa shape index (κ1) is 28.2. The summed E-state index contributed by atoms with van der Waals surface area (Å²) in [6, 6.07) is 11.5. The minimum atomic E-state index is -3.22. The predicted molar refractivity (Wildman–Crippen MR) is 165 cm³/mol. The molecule has 4 aromatic heterocycles. The van der Waals surface area contributed by atoms with Crippen molar-refractivity contribution in [2.24, 2.45) is 0 Å². The Labute approximate surface area is 252 Å². The lowest BCUT2D eigenvalue weighted by molar-refractivity contribution is 0.331. The second-order valence-corrected chi connectivity index (χ2v) is 13.6. The molecule has 0 atom stereocenters. The number of rotatable bonds is 8. The number of pyridine rings is 2. The summed E-state index contributed by atoms with van der Waals surface area (Å²) >= 11 is 0. The van der Waals surface area contributed by atoms with Gasteiger partial charge in [-0.2, -0.15) is 5.10 Å². The Bertz CT molecular complexity index is 2140. The van der Waals surface area contributed by atoms with E-state index < -0.39 is 21.5 Å². The molecule has 1 aliphatic heterocycles. The van der Waals surface area contributed by atoms with Crippen LogP contribution in [0.4, 0.5) is 8.78 Å². The van der Waals surface area contributed by atoms with Gasteiger partial charge in [0.05, 0.1) is 17.0 Å². The van der Waals surface area contributed by atoms with Crippen LogP contribution in [-0.2, 0) is 22.8 Å². The zero-order valence-corrected chi connectivity index (χ0v) is 24.8. The Morgan fingerprint density at radius 1 is 0.932 bits per heavy atom. The minimum Gasteiger partial charge on any atom is -0.337 e. The second-order valence-electron chi connectivity index (χ2n) is 11.4. The van der Waals surface area contributed by atoms with Crippen LogP contribution in [0.15, 0.2) is 61.1 Å². The summed E-state index contributed by atoms with van der Waals surface area (Å²) in [5, 5.41) is 7.72. The van der Waals surface area contributed by atoms with E-state index in [1.54, 1.807) is 24.5 Å². The Kier molecular flexibility index (Phi) is 7.17. The molecule has 0 bridgehead atoms. The highest BCUT2D eigenvalue weighted by atomic mass is 32.2. The summed E-state index contributed by atoms with van der Waals surface area (Å²) in [6.45, 7) is 2.95. The normalized spacial score (nSPS) is 14.2. The van der Waals surface area contributed by atoms with E-state index in [9.17, 15) is 12.8 Å². The number of aromatic amines is 2. The van der Waals surface area contributed by atoms with Crippen LogP contribution in [0.25, 0.3) is 55.8 Å². The Balaban J connectivity index is 1.27. The first-order valence-electron chi connectivity index (χ1n) is 14.4. The molecule has 0 saturated carbocycles. The van der Waals surface area contributed by atoms with E-state index in [2.05, 4.69) is 30.0 Å². The van der Waals surface area contributed by atoms with E-state index >= 15 is 4.39 Å². The number of hydrogen-bond donors (Lipinski definition) is 2. The first-order chi connectivity index (χ1) is 21.2. The summed E-state index contributed by atoms with van der Waals surface area (Å²) in [4.78, 5) is 19.3.